The van der Waals surface area contributed by atoms with E-state index in [1.165, 1.54) is 0 Å². The van der Waals surface area contributed by atoms with Crippen LogP contribution in [-0.4, -0.2) is 31.0 Å². The number of halogens is 1. The minimum absolute atomic E-state index is 0.101. The van der Waals surface area contributed by atoms with Crippen molar-refractivity contribution in [2.75, 3.05) is 20.2 Å². The van der Waals surface area contributed by atoms with E-state index in [0.29, 0.717) is 0 Å². The third-order valence-corrected chi connectivity index (χ3v) is 4.31. The summed E-state index contributed by atoms with van der Waals surface area (Å²) >= 11 is 3.44. The third kappa shape index (κ3) is 3.85. The lowest BCUT2D eigenvalue weighted by Crippen LogP contribution is -2.36. The molecule has 0 bridgehead atoms. The second-order valence-electron chi connectivity index (χ2n) is 5.24. The van der Waals surface area contributed by atoms with Crippen molar-refractivity contribution in [3.63, 3.8) is 0 Å². The highest BCUT2D eigenvalue weighted by Gasteiger charge is 2.18. The molecule has 1 saturated heterocycles. The molecule has 2 rings (SSSR count). The van der Waals surface area contributed by atoms with Crippen molar-refractivity contribution in [3.05, 3.63) is 34.3 Å². The molecule has 1 aliphatic rings. The van der Waals surface area contributed by atoms with E-state index < -0.39 is 0 Å². The maximum Gasteiger partial charge on any atom is 0.246 e. The van der Waals surface area contributed by atoms with Gasteiger partial charge in [0.05, 0.1) is 11.6 Å². The molecule has 1 fully saturated rings. The highest BCUT2D eigenvalue weighted by molar-refractivity contribution is 9.10. The van der Waals surface area contributed by atoms with Gasteiger partial charge in [-0.1, -0.05) is 13.0 Å². The van der Waals surface area contributed by atoms with E-state index in [1.54, 1.807) is 13.2 Å². The first-order chi connectivity index (χ1) is 9.60. The number of ether oxygens (including phenoxy) is 1. The summed E-state index contributed by atoms with van der Waals surface area (Å²) < 4.78 is 6.07. The van der Waals surface area contributed by atoms with Crippen molar-refractivity contribution >= 4 is 27.9 Å². The molecule has 0 aromatic heterocycles. The summed E-state index contributed by atoms with van der Waals surface area (Å²) in [7, 11) is 1.64. The molecule has 1 heterocycles. The topological polar surface area (TPSA) is 29.5 Å². The summed E-state index contributed by atoms with van der Waals surface area (Å²) in [6.07, 6.45) is 5.72. The van der Waals surface area contributed by atoms with Crippen LogP contribution in [0.15, 0.2) is 28.7 Å². The van der Waals surface area contributed by atoms with Gasteiger partial charge in [-0.15, -0.1) is 0 Å². The molecule has 1 aliphatic heterocycles. The van der Waals surface area contributed by atoms with Crippen LogP contribution >= 0.6 is 15.9 Å². The zero-order valence-electron chi connectivity index (χ0n) is 11.9. The Morgan fingerprint density at radius 1 is 1.40 bits per heavy atom. The predicted molar refractivity (Wildman–Crippen MR) is 84.7 cm³/mol. The monoisotopic (exact) mass is 337 g/mol. The minimum atomic E-state index is 0.101. The molecule has 108 valence electrons. The van der Waals surface area contributed by atoms with E-state index in [2.05, 4.69) is 22.9 Å². The summed E-state index contributed by atoms with van der Waals surface area (Å²) in [5, 5.41) is 0. The number of hydrogen-bond acceptors (Lipinski definition) is 2. The fraction of sp³-hybridized carbons (Fsp3) is 0.438. The number of piperidine rings is 1. The molecule has 0 atom stereocenters. The van der Waals surface area contributed by atoms with Gasteiger partial charge in [0.1, 0.15) is 5.75 Å². The molecular formula is C16H20BrNO2. The van der Waals surface area contributed by atoms with Crippen molar-refractivity contribution < 1.29 is 9.53 Å². The molecule has 0 N–H and O–H groups in total. The lowest BCUT2D eigenvalue weighted by atomic mass is 9.99. The van der Waals surface area contributed by atoms with Crippen LogP contribution in [0.5, 0.6) is 5.75 Å². The van der Waals surface area contributed by atoms with Crippen molar-refractivity contribution in [3.8, 4) is 5.75 Å². The quantitative estimate of drug-likeness (QED) is 0.786. The third-order valence-electron chi connectivity index (χ3n) is 3.69. The average Bonchev–Trinajstić information content (AvgIpc) is 2.45. The molecule has 1 amide bonds. The Labute approximate surface area is 128 Å². The number of hydrogen-bond donors (Lipinski definition) is 0. The Morgan fingerprint density at radius 3 is 2.70 bits per heavy atom. The Balaban J connectivity index is 1.98. The minimum Gasteiger partial charge on any atom is -0.496 e. The van der Waals surface area contributed by atoms with Crippen LogP contribution in [0.4, 0.5) is 0 Å². The Kier molecular flexibility index (Phi) is 5.24. The zero-order chi connectivity index (χ0) is 14.5. The molecule has 0 spiro atoms. The predicted octanol–water partition coefficient (Wildman–Crippen LogP) is 3.73. The fourth-order valence-corrected chi connectivity index (χ4v) is 2.85. The second-order valence-corrected chi connectivity index (χ2v) is 6.09. The second kappa shape index (κ2) is 6.93. The summed E-state index contributed by atoms with van der Waals surface area (Å²) in [4.78, 5) is 14.0. The van der Waals surface area contributed by atoms with Gasteiger partial charge in [-0.25, -0.2) is 0 Å². The summed E-state index contributed by atoms with van der Waals surface area (Å²) in [6, 6.07) is 5.77. The van der Waals surface area contributed by atoms with Crippen molar-refractivity contribution in [1.82, 2.24) is 4.90 Å². The van der Waals surface area contributed by atoms with Crippen LogP contribution in [0, 0.1) is 5.92 Å². The van der Waals surface area contributed by atoms with Gasteiger partial charge in [-0.2, -0.15) is 0 Å². The van der Waals surface area contributed by atoms with Crippen LogP contribution in [0.2, 0.25) is 0 Å². The summed E-state index contributed by atoms with van der Waals surface area (Å²) in [5.74, 6) is 1.63. The van der Waals surface area contributed by atoms with Gasteiger partial charge < -0.3 is 9.64 Å². The van der Waals surface area contributed by atoms with Crippen molar-refractivity contribution in [2.24, 2.45) is 5.92 Å². The van der Waals surface area contributed by atoms with E-state index in [-0.39, 0.29) is 5.91 Å². The van der Waals surface area contributed by atoms with Gasteiger partial charge in [0.25, 0.3) is 0 Å². The number of carbonyl (C=O) groups excluding carboxylic acids is 1. The first kappa shape index (κ1) is 15.1. The van der Waals surface area contributed by atoms with Crippen molar-refractivity contribution in [1.29, 1.82) is 0 Å². The SMILES string of the molecule is COc1ccc(/C=C/C(=O)N2CCC(C)CC2)cc1Br. The van der Waals surface area contributed by atoms with Gasteiger partial charge in [0, 0.05) is 19.2 Å². The molecule has 0 aliphatic carbocycles. The van der Waals surface area contributed by atoms with Crippen molar-refractivity contribution in [2.45, 2.75) is 19.8 Å². The van der Waals surface area contributed by atoms with Gasteiger partial charge in [-0.3, -0.25) is 4.79 Å². The van der Waals surface area contributed by atoms with Crippen LogP contribution in [0.25, 0.3) is 6.08 Å². The number of carbonyl (C=O) groups is 1. The fourth-order valence-electron chi connectivity index (χ4n) is 2.29. The van der Waals surface area contributed by atoms with E-state index in [4.69, 9.17) is 4.74 Å². The van der Waals surface area contributed by atoms with E-state index in [1.807, 2.05) is 29.2 Å². The molecule has 0 unspecified atom stereocenters. The summed E-state index contributed by atoms with van der Waals surface area (Å²) in [6.45, 7) is 3.99. The normalized spacial score (nSPS) is 16.6. The number of methoxy groups -OCH3 is 1. The maximum atomic E-state index is 12.1. The van der Waals surface area contributed by atoms with E-state index in [0.717, 1.165) is 47.6 Å². The lowest BCUT2D eigenvalue weighted by Gasteiger charge is -2.29. The molecule has 4 heteroatoms. The smallest absolute Gasteiger partial charge is 0.246 e. The summed E-state index contributed by atoms with van der Waals surface area (Å²) in [5.41, 5.74) is 0.983. The number of likely N-dealkylation sites (tertiary alicyclic amines) is 1. The molecule has 3 nitrogen and oxygen atoms in total. The number of amides is 1. The van der Waals surface area contributed by atoms with Crippen LogP contribution < -0.4 is 4.74 Å². The largest absolute Gasteiger partial charge is 0.496 e. The lowest BCUT2D eigenvalue weighted by molar-refractivity contribution is -0.127. The average molecular weight is 338 g/mol. The van der Waals surface area contributed by atoms with Crippen LogP contribution in [0.3, 0.4) is 0 Å². The Bertz CT molecular complexity index is 505. The highest BCUT2D eigenvalue weighted by Crippen LogP contribution is 2.26. The standard InChI is InChI=1S/C16H20BrNO2/c1-12-7-9-18(10-8-12)16(19)6-4-13-3-5-15(20-2)14(17)11-13/h3-6,11-12H,7-10H2,1-2H3/b6-4+. The van der Waals surface area contributed by atoms with E-state index in [9.17, 15) is 4.79 Å². The van der Waals surface area contributed by atoms with Gasteiger partial charge in [-0.05, 0) is 58.5 Å². The molecule has 0 radical (unpaired) electrons. The maximum absolute atomic E-state index is 12.1. The zero-order valence-corrected chi connectivity index (χ0v) is 13.5. The van der Waals surface area contributed by atoms with Gasteiger partial charge in [0.15, 0.2) is 0 Å². The molecule has 0 saturated carbocycles. The number of nitrogens with zero attached hydrogens (tertiary/aromatic N) is 1. The van der Waals surface area contributed by atoms with Gasteiger partial charge >= 0.3 is 0 Å². The van der Waals surface area contributed by atoms with Crippen LogP contribution in [-0.2, 0) is 4.79 Å². The molecule has 1 aromatic rings. The first-order valence-corrected chi connectivity index (χ1v) is 7.70. The molecular weight excluding hydrogens is 318 g/mol. The Hall–Kier alpha value is -1.29. The number of benzene rings is 1. The molecule has 20 heavy (non-hydrogen) atoms. The van der Waals surface area contributed by atoms with E-state index >= 15 is 0 Å². The molecule has 1 aromatic carbocycles. The Morgan fingerprint density at radius 2 is 2.10 bits per heavy atom. The number of rotatable bonds is 3. The first-order valence-electron chi connectivity index (χ1n) is 6.90. The highest BCUT2D eigenvalue weighted by atomic mass is 79.9. The van der Waals surface area contributed by atoms with Crippen LogP contribution in [0.1, 0.15) is 25.3 Å². The van der Waals surface area contributed by atoms with Gasteiger partial charge in [0.2, 0.25) is 5.91 Å².